The molecule has 2 rings (SSSR count). The van der Waals surface area contributed by atoms with Gasteiger partial charge in [-0.1, -0.05) is 19.1 Å². The summed E-state index contributed by atoms with van der Waals surface area (Å²) < 4.78 is 7.32. The normalized spacial score (nSPS) is 12.2. The Kier molecular flexibility index (Phi) is 4.66. The third-order valence-electron chi connectivity index (χ3n) is 3.30. The average molecular weight is 273 g/mol. The maximum atomic E-state index is 5.46. The maximum absolute atomic E-state index is 5.46. The van der Waals surface area contributed by atoms with Crippen LogP contribution in [0.3, 0.4) is 0 Å². The Morgan fingerprint density at radius 2 is 1.95 bits per heavy atom. The van der Waals surface area contributed by atoms with Gasteiger partial charge in [-0.25, -0.2) is 0 Å². The molecule has 0 saturated heterocycles. The van der Waals surface area contributed by atoms with Gasteiger partial charge < -0.3 is 10.1 Å². The van der Waals surface area contributed by atoms with Crippen LogP contribution < -0.4 is 10.1 Å². The third kappa shape index (κ3) is 3.32. The van der Waals surface area contributed by atoms with E-state index in [-0.39, 0.29) is 6.04 Å². The molecule has 20 heavy (non-hydrogen) atoms. The minimum absolute atomic E-state index is 0.236. The van der Waals surface area contributed by atoms with Crippen molar-refractivity contribution in [3.8, 4) is 5.75 Å². The summed E-state index contributed by atoms with van der Waals surface area (Å²) in [7, 11) is 1.95. The lowest BCUT2D eigenvalue weighted by molar-refractivity contribution is 0.340. The summed E-state index contributed by atoms with van der Waals surface area (Å²) in [6.45, 7) is 6.96. The van der Waals surface area contributed by atoms with Gasteiger partial charge in [0, 0.05) is 19.3 Å². The van der Waals surface area contributed by atoms with Crippen LogP contribution in [0.25, 0.3) is 0 Å². The first-order valence-corrected chi connectivity index (χ1v) is 7.15. The van der Waals surface area contributed by atoms with Gasteiger partial charge in [0.05, 0.1) is 18.0 Å². The van der Waals surface area contributed by atoms with Crippen molar-refractivity contribution in [1.29, 1.82) is 0 Å². The molecule has 1 heterocycles. The molecular weight excluding hydrogens is 250 g/mol. The number of nitrogens with zero attached hydrogens (tertiary/aromatic N) is 2. The van der Waals surface area contributed by atoms with Gasteiger partial charge in [0.25, 0.3) is 0 Å². The third-order valence-corrected chi connectivity index (χ3v) is 3.30. The number of ether oxygens (including phenoxy) is 1. The summed E-state index contributed by atoms with van der Waals surface area (Å²) in [4.78, 5) is 0. The second kappa shape index (κ2) is 6.46. The van der Waals surface area contributed by atoms with Crippen LogP contribution in [0.4, 0.5) is 5.69 Å². The van der Waals surface area contributed by atoms with E-state index in [9.17, 15) is 0 Å². The van der Waals surface area contributed by atoms with Crippen LogP contribution in [0, 0.1) is 0 Å². The summed E-state index contributed by atoms with van der Waals surface area (Å²) in [5, 5.41) is 7.97. The van der Waals surface area contributed by atoms with Crippen molar-refractivity contribution in [2.75, 3.05) is 11.9 Å². The van der Waals surface area contributed by atoms with E-state index in [4.69, 9.17) is 4.74 Å². The Labute approximate surface area is 120 Å². The molecule has 1 unspecified atom stereocenters. The highest BCUT2D eigenvalue weighted by Crippen LogP contribution is 2.23. The summed E-state index contributed by atoms with van der Waals surface area (Å²) in [6, 6.07) is 8.47. The van der Waals surface area contributed by atoms with Gasteiger partial charge in [0.15, 0.2) is 0 Å². The molecule has 0 bridgehead atoms. The van der Waals surface area contributed by atoms with Crippen molar-refractivity contribution >= 4 is 5.69 Å². The molecule has 0 aliphatic heterocycles. The number of anilines is 1. The summed E-state index contributed by atoms with van der Waals surface area (Å²) in [6.07, 6.45) is 2.96. The van der Waals surface area contributed by atoms with Gasteiger partial charge in [0.2, 0.25) is 0 Å². The van der Waals surface area contributed by atoms with Crippen LogP contribution in [-0.2, 0) is 13.5 Å². The number of hydrogen-bond acceptors (Lipinski definition) is 3. The fourth-order valence-electron chi connectivity index (χ4n) is 2.25. The minimum atomic E-state index is 0.236. The van der Waals surface area contributed by atoms with Crippen molar-refractivity contribution in [1.82, 2.24) is 9.78 Å². The first-order chi connectivity index (χ1) is 9.63. The van der Waals surface area contributed by atoms with Crippen molar-refractivity contribution in [2.45, 2.75) is 33.2 Å². The highest BCUT2D eigenvalue weighted by Gasteiger charge is 2.10. The second-order valence-corrected chi connectivity index (χ2v) is 4.88. The zero-order chi connectivity index (χ0) is 14.5. The largest absolute Gasteiger partial charge is 0.494 e. The lowest BCUT2D eigenvalue weighted by Crippen LogP contribution is -2.07. The van der Waals surface area contributed by atoms with Gasteiger partial charge >= 0.3 is 0 Å². The summed E-state index contributed by atoms with van der Waals surface area (Å²) >= 11 is 0. The average Bonchev–Trinajstić information content (AvgIpc) is 2.80. The van der Waals surface area contributed by atoms with Crippen LogP contribution in [0.15, 0.2) is 30.5 Å². The van der Waals surface area contributed by atoms with Crippen LogP contribution >= 0.6 is 0 Å². The number of hydrogen-bond donors (Lipinski definition) is 1. The summed E-state index contributed by atoms with van der Waals surface area (Å²) in [5.74, 6) is 0.916. The fraction of sp³-hybridized carbons (Fsp3) is 0.438. The maximum Gasteiger partial charge on any atom is 0.119 e. The van der Waals surface area contributed by atoms with Crippen molar-refractivity contribution < 1.29 is 4.74 Å². The SMILES string of the molecule is CCOc1ccc(C(C)Nc2cn(C)nc2CC)cc1. The first kappa shape index (κ1) is 14.4. The van der Waals surface area contributed by atoms with Crippen LogP contribution in [-0.4, -0.2) is 16.4 Å². The van der Waals surface area contributed by atoms with E-state index in [1.807, 2.05) is 37.0 Å². The molecule has 0 spiro atoms. The molecule has 1 N–H and O–H groups in total. The van der Waals surface area contributed by atoms with Gasteiger partial charge in [-0.2, -0.15) is 5.10 Å². The van der Waals surface area contributed by atoms with Gasteiger partial charge in [-0.15, -0.1) is 0 Å². The molecular formula is C16H23N3O. The van der Waals surface area contributed by atoms with E-state index in [1.54, 1.807) is 0 Å². The zero-order valence-electron chi connectivity index (χ0n) is 12.7. The molecule has 0 amide bonds. The summed E-state index contributed by atoms with van der Waals surface area (Å²) in [5.41, 5.74) is 3.45. The van der Waals surface area contributed by atoms with Crippen LogP contribution in [0.2, 0.25) is 0 Å². The first-order valence-electron chi connectivity index (χ1n) is 7.15. The molecule has 0 saturated carbocycles. The van der Waals surface area contributed by atoms with Crippen molar-refractivity contribution in [2.24, 2.45) is 7.05 Å². The molecule has 0 fully saturated rings. The van der Waals surface area contributed by atoms with Crippen LogP contribution in [0.5, 0.6) is 5.75 Å². The van der Waals surface area contributed by atoms with E-state index in [1.165, 1.54) is 5.56 Å². The Bertz CT molecular complexity index is 545. The Balaban J connectivity index is 2.08. The molecule has 0 aliphatic rings. The van der Waals surface area contributed by atoms with Crippen molar-refractivity contribution in [3.05, 3.63) is 41.7 Å². The van der Waals surface area contributed by atoms with E-state index < -0.39 is 0 Å². The Morgan fingerprint density at radius 1 is 1.25 bits per heavy atom. The molecule has 0 aliphatic carbocycles. The number of rotatable bonds is 6. The molecule has 2 aromatic rings. The second-order valence-electron chi connectivity index (χ2n) is 4.88. The standard InChI is InChI=1S/C16H23N3O/c1-5-15-16(11-19(4)18-15)17-12(3)13-7-9-14(10-8-13)20-6-2/h7-12,17H,5-6H2,1-4H3. The Hall–Kier alpha value is -1.97. The molecule has 0 radical (unpaired) electrons. The van der Waals surface area contributed by atoms with Crippen molar-refractivity contribution in [3.63, 3.8) is 0 Å². The van der Waals surface area contributed by atoms with E-state index in [2.05, 4.69) is 36.4 Å². The fourth-order valence-corrected chi connectivity index (χ4v) is 2.25. The quantitative estimate of drug-likeness (QED) is 0.874. The number of benzene rings is 1. The predicted octanol–water partition coefficient (Wildman–Crippen LogP) is 3.55. The topological polar surface area (TPSA) is 39.1 Å². The van der Waals surface area contributed by atoms with E-state index >= 15 is 0 Å². The van der Waals surface area contributed by atoms with E-state index in [0.717, 1.165) is 23.6 Å². The molecule has 4 nitrogen and oxygen atoms in total. The predicted molar refractivity (Wildman–Crippen MR) is 82.2 cm³/mol. The number of nitrogens with one attached hydrogen (secondary N) is 1. The molecule has 1 atom stereocenters. The molecule has 108 valence electrons. The highest BCUT2D eigenvalue weighted by molar-refractivity contribution is 5.48. The molecule has 1 aromatic heterocycles. The molecule has 1 aromatic carbocycles. The van der Waals surface area contributed by atoms with Gasteiger partial charge in [-0.3, -0.25) is 4.68 Å². The Morgan fingerprint density at radius 3 is 2.55 bits per heavy atom. The van der Waals surface area contributed by atoms with E-state index in [0.29, 0.717) is 6.61 Å². The zero-order valence-corrected chi connectivity index (χ0v) is 12.7. The van der Waals surface area contributed by atoms with Gasteiger partial charge in [-0.05, 0) is 38.0 Å². The number of aryl methyl sites for hydroxylation is 2. The lowest BCUT2D eigenvalue weighted by atomic mass is 10.1. The smallest absolute Gasteiger partial charge is 0.119 e. The minimum Gasteiger partial charge on any atom is -0.494 e. The van der Waals surface area contributed by atoms with Crippen LogP contribution in [0.1, 0.15) is 38.1 Å². The lowest BCUT2D eigenvalue weighted by Gasteiger charge is -2.15. The monoisotopic (exact) mass is 273 g/mol. The highest BCUT2D eigenvalue weighted by atomic mass is 16.5. The van der Waals surface area contributed by atoms with Gasteiger partial charge in [0.1, 0.15) is 5.75 Å². The molecule has 4 heteroatoms. The number of aromatic nitrogens is 2.